The number of nitriles is 1. The van der Waals surface area contributed by atoms with Crippen LogP contribution in [0, 0.1) is 11.3 Å². The van der Waals surface area contributed by atoms with Crippen molar-refractivity contribution in [1.82, 2.24) is 4.98 Å². The summed E-state index contributed by atoms with van der Waals surface area (Å²) in [7, 11) is 1.18. The van der Waals surface area contributed by atoms with Crippen molar-refractivity contribution in [2.75, 3.05) is 13.7 Å². The van der Waals surface area contributed by atoms with Gasteiger partial charge in [0.2, 0.25) is 5.88 Å². The van der Waals surface area contributed by atoms with E-state index in [4.69, 9.17) is 14.7 Å². The average Bonchev–Trinajstić information content (AvgIpc) is 2.38. The van der Waals surface area contributed by atoms with E-state index in [1.807, 2.05) is 0 Å². The number of methoxy groups -OCH3 is 1. The van der Waals surface area contributed by atoms with E-state index in [9.17, 15) is 13.6 Å². The summed E-state index contributed by atoms with van der Waals surface area (Å²) in [6.07, 6.45) is -3.09. The second kappa shape index (κ2) is 6.64. The van der Waals surface area contributed by atoms with Crippen molar-refractivity contribution in [1.29, 1.82) is 5.26 Å². The molecule has 19 heavy (non-hydrogen) atoms. The van der Waals surface area contributed by atoms with Crippen LogP contribution in [0.25, 0.3) is 0 Å². The number of nitrogens with zero attached hydrogens (tertiary/aromatic N) is 2. The van der Waals surface area contributed by atoms with E-state index in [0.717, 1.165) is 6.07 Å². The summed E-state index contributed by atoms with van der Waals surface area (Å²) in [5, 5.41) is 8.90. The number of hydrogen-bond donors (Lipinski definition) is 0. The van der Waals surface area contributed by atoms with Crippen LogP contribution in [-0.4, -0.2) is 24.7 Å². The number of aromatic nitrogens is 1. The quantitative estimate of drug-likeness (QED) is 0.765. The molecule has 0 aliphatic carbocycles. The highest BCUT2D eigenvalue weighted by molar-refractivity contribution is 5.73. The Bertz CT molecular complexity index is 512. The number of rotatable bonds is 5. The lowest BCUT2D eigenvalue weighted by Gasteiger charge is -2.10. The summed E-state index contributed by atoms with van der Waals surface area (Å²) >= 11 is 0. The first-order valence-electron chi connectivity index (χ1n) is 5.45. The monoisotopic (exact) mass is 270 g/mol. The largest absolute Gasteiger partial charge is 0.481 e. The molecule has 102 valence electrons. The van der Waals surface area contributed by atoms with Crippen LogP contribution in [0.5, 0.6) is 5.88 Å². The van der Waals surface area contributed by atoms with Crippen LogP contribution in [0.1, 0.15) is 30.2 Å². The minimum absolute atomic E-state index is 0.0945. The molecule has 1 aromatic rings. The molecule has 0 amide bonds. The fourth-order valence-electron chi connectivity index (χ4n) is 1.47. The molecule has 1 heterocycles. The van der Waals surface area contributed by atoms with Crippen molar-refractivity contribution < 1.29 is 23.0 Å². The van der Waals surface area contributed by atoms with Crippen molar-refractivity contribution in [3.63, 3.8) is 0 Å². The van der Waals surface area contributed by atoms with Crippen LogP contribution in [0.15, 0.2) is 6.07 Å². The molecule has 0 aliphatic heterocycles. The van der Waals surface area contributed by atoms with Crippen LogP contribution in [-0.2, 0) is 16.0 Å². The Hall–Kier alpha value is -2.23. The maximum atomic E-state index is 12.8. The Kier molecular flexibility index (Phi) is 5.18. The Morgan fingerprint density at radius 1 is 1.58 bits per heavy atom. The first-order chi connectivity index (χ1) is 9.03. The first-order valence-corrected chi connectivity index (χ1v) is 5.45. The summed E-state index contributed by atoms with van der Waals surface area (Å²) in [5.74, 6) is -0.926. The van der Waals surface area contributed by atoms with Gasteiger partial charge in [0.15, 0.2) is 0 Å². The second-order valence-corrected chi connectivity index (χ2v) is 3.49. The van der Waals surface area contributed by atoms with Crippen LogP contribution in [0.3, 0.4) is 0 Å². The van der Waals surface area contributed by atoms with Crippen LogP contribution >= 0.6 is 0 Å². The second-order valence-electron chi connectivity index (χ2n) is 3.49. The van der Waals surface area contributed by atoms with Crippen molar-refractivity contribution in [2.45, 2.75) is 19.8 Å². The minimum atomic E-state index is -2.81. The van der Waals surface area contributed by atoms with E-state index in [0.29, 0.717) is 0 Å². The lowest BCUT2D eigenvalue weighted by molar-refractivity contribution is -0.142. The topological polar surface area (TPSA) is 72.2 Å². The Balaban J connectivity index is 3.19. The van der Waals surface area contributed by atoms with Gasteiger partial charge in [-0.25, -0.2) is 13.8 Å². The number of esters is 1. The first kappa shape index (κ1) is 14.8. The van der Waals surface area contributed by atoms with E-state index in [-0.39, 0.29) is 30.2 Å². The van der Waals surface area contributed by atoms with Gasteiger partial charge in [-0.15, -0.1) is 0 Å². The average molecular weight is 270 g/mol. The third kappa shape index (κ3) is 3.61. The van der Waals surface area contributed by atoms with Crippen molar-refractivity contribution in [3.05, 3.63) is 22.9 Å². The zero-order chi connectivity index (χ0) is 14.4. The number of hydrogen-bond acceptors (Lipinski definition) is 5. The highest BCUT2D eigenvalue weighted by Gasteiger charge is 2.20. The van der Waals surface area contributed by atoms with Gasteiger partial charge in [-0.2, -0.15) is 5.26 Å². The summed E-state index contributed by atoms with van der Waals surface area (Å²) < 4.78 is 35.0. The van der Waals surface area contributed by atoms with E-state index in [1.165, 1.54) is 7.11 Å². The molecular weight excluding hydrogens is 258 g/mol. The summed E-state index contributed by atoms with van der Waals surface area (Å²) in [4.78, 5) is 15.0. The van der Waals surface area contributed by atoms with Crippen molar-refractivity contribution in [2.24, 2.45) is 0 Å². The Labute approximate surface area is 108 Å². The van der Waals surface area contributed by atoms with Gasteiger partial charge in [-0.1, -0.05) is 0 Å². The van der Waals surface area contributed by atoms with Crippen molar-refractivity contribution >= 4 is 5.97 Å². The van der Waals surface area contributed by atoms with Gasteiger partial charge in [-0.05, 0) is 13.0 Å². The highest BCUT2D eigenvalue weighted by atomic mass is 19.3. The number of alkyl halides is 2. The SMILES string of the molecule is CCOC(=O)Cc1cc(C(F)F)c(OC)nc1C#N. The summed E-state index contributed by atoms with van der Waals surface area (Å²) in [6.45, 7) is 1.80. The zero-order valence-electron chi connectivity index (χ0n) is 10.4. The van der Waals surface area contributed by atoms with E-state index in [1.54, 1.807) is 13.0 Å². The standard InChI is InChI=1S/C12H12F2N2O3/c1-3-19-10(17)5-7-4-8(11(13)14)12(18-2)16-9(7)6-15/h4,11H,3,5H2,1-2H3. The molecule has 1 rings (SSSR count). The number of ether oxygens (including phenoxy) is 2. The van der Waals surface area contributed by atoms with Crippen LogP contribution in [0.4, 0.5) is 8.78 Å². The molecule has 1 aromatic heterocycles. The minimum Gasteiger partial charge on any atom is -0.481 e. The Morgan fingerprint density at radius 3 is 2.74 bits per heavy atom. The molecule has 0 atom stereocenters. The molecule has 0 bridgehead atoms. The fraction of sp³-hybridized carbons (Fsp3) is 0.417. The van der Waals surface area contributed by atoms with Gasteiger partial charge in [0.1, 0.15) is 11.8 Å². The van der Waals surface area contributed by atoms with Gasteiger partial charge in [0.05, 0.1) is 25.7 Å². The third-order valence-corrected chi connectivity index (χ3v) is 2.27. The maximum absolute atomic E-state index is 12.8. The Morgan fingerprint density at radius 2 is 2.26 bits per heavy atom. The molecule has 0 aromatic carbocycles. The van der Waals surface area contributed by atoms with E-state index < -0.39 is 18.0 Å². The molecule has 5 nitrogen and oxygen atoms in total. The smallest absolute Gasteiger partial charge is 0.310 e. The molecule has 0 radical (unpaired) electrons. The van der Waals surface area contributed by atoms with Gasteiger partial charge in [0, 0.05) is 5.56 Å². The zero-order valence-corrected chi connectivity index (χ0v) is 10.4. The molecule has 7 heteroatoms. The van der Waals surface area contributed by atoms with E-state index >= 15 is 0 Å². The van der Waals surface area contributed by atoms with Gasteiger partial charge in [0.25, 0.3) is 6.43 Å². The predicted octanol–water partition coefficient (Wildman–Crippen LogP) is 2.01. The lowest BCUT2D eigenvalue weighted by Crippen LogP contribution is -2.11. The molecule has 0 N–H and O–H groups in total. The van der Waals surface area contributed by atoms with Gasteiger partial charge in [-0.3, -0.25) is 4.79 Å². The summed E-state index contributed by atoms with van der Waals surface area (Å²) in [6, 6.07) is 2.79. The normalized spacial score (nSPS) is 10.1. The van der Waals surface area contributed by atoms with Crippen molar-refractivity contribution in [3.8, 4) is 11.9 Å². The number of pyridine rings is 1. The third-order valence-electron chi connectivity index (χ3n) is 2.27. The molecule has 0 saturated heterocycles. The molecule has 0 spiro atoms. The number of carbonyl (C=O) groups excluding carboxylic acids is 1. The number of carbonyl (C=O) groups is 1. The maximum Gasteiger partial charge on any atom is 0.310 e. The molecule has 0 saturated carbocycles. The molecule has 0 aliphatic rings. The highest BCUT2D eigenvalue weighted by Crippen LogP contribution is 2.29. The summed E-state index contributed by atoms with van der Waals surface area (Å²) in [5.41, 5.74) is -0.493. The van der Waals surface area contributed by atoms with Crippen LogP contribution in [0.2, 0.25) is 0 Å². The fourth-order valence-corrected chi connectivity index (χ4v) is 1.47. The molecule has 0 fully saturated rings. The van der Waals surface area contributed by atoms with Gasteiger partial charge >= 0.3 is 5.97 Å². The number of halogens is 2. The van der Waals surface area contributed by atoms with Gasteiger partial charge < -0.3 is 9.47 Å². The molecular formula is C12H12F2N2O3. The van der Waals surface area contributed by atoms with Crippen LogP contribution < -0.4 is 4.74 Å². The lowest BCUT2D eigenvalue weighted by atomic mass is 10.1. The predicted molar refractivity (Wildman–Crippen MR) is 60.8 cm³/mol. The van der Waals surface area contributed by atoms with E-state index in [2.05, 4.69) is 4.98 Å². The molecule has 0 unspecified atom stereocenters.